The predicted molar refractivity (Wildman–Crippen MR) is 82.0 cm³/mol. The molecule has 0 saturated heterocycles. The van der Waals surface area contributed by atoms with Gasteiger partial charge in [0, 0.05) is 29.3 Å². The van der Waals surface area contributed by atoms with E-state index in [1.165, 1.54) is 18.5 Å². The normalized spacial score (nSPS) is 12.3. The molecule has 0 bridgehead atoms. The molecule has 4 rings (SSSR count). The summed E-state index contributed by atoms with van der Waals surface area (Å²) >= 11 is 0. The van der Waals surface area contributed by atoms with Crippen molar-refractivity contribution >= 4 is 28.1 Å². The van der Waals surface area contributed by atoms with Crippen LogP contribution >= 0.6 is 0 Å². The number of fused-ring (bicyclic) bond motifs is 2. The minimum atomic E-state index is -0.440. The van der Waals surface area contributed by atoms with Gasteiger partial charge in [-0.05, 0) is 18.2 Å². The minimum Gasteiger partial charge on any atom is -0.454 e. The van der Waals surface area contributed by atoms with E-state index in [0.29, 0.717) is 28.5 Å². The summed E-state index contributed by atoms with van der Waals surface area (Å²) in [4.78, 5) is 18.7. The molecule has 1 N–H and O–H groups in total. The molecule has 0 unspecified atom stereocenters. The number of ether oxygens (including phenoxy) is 2. The largest absolute Gasteiger partial charge is 0.454 e. The summed E-state index contributed by atoms with van der Waals surface area (Å²) in [5, 5.41) is 14.6. The fourth-order valence-corrected chi connectivity index (χ4v) is 2.35. The summed E-state index contributed by atoms with van der Waals surface area (Å²) in [6.07, 6.45) is 1.44. The molecular weight excluding hydrogens is 300 g/mol. The average Bonchev–Trinajstić information content (AvgIpc) is 3.01. The van der Waals surface area contributed by atoms with Crippen LogP contribution in [0.4, 0.5) is 17.2 Å². The van der Waals surface area contributed by atoms with Gasteiger partial charge in [-0.3, -0.25) is 10.1 Å². The van der Waals surface area contributed by atoms with Gasteiger partial charge in [0.1, 0.15) is 12.1 Å². The monoisotopic (exact) mass is 310 g/mol. The Morgan fingerprint density at radius 3 is 2.57 bits per heavy atom. The molecule has 0 spiro atoms. The lowest BCUT2D eigenvalue weighted by atomic mass is 10.2. The molecule has 2 aromatic carbocycles. The summed E-state index contributed by atoms with van der Waals surface area (Å²) < 4.78 is 10.7. The first-order valence-corrected chi connectivity index (χ1v) is 6.76. The number of nitro benzene ring substituents is 1. The number of aromatic nitrogens is 2. The van der Waals surface area contributed by atoms with E-state index in [4.69, 9.17) is 9.47 Å². The third kappa shape index (κ3) is 2.35. The van der Waals surface area contributed by atoms with Gasteiger partial charge in [-0.25, -0.2) is 9.97 Å². The van der Waals surface area contributed by atoms with E-state index in [9.17, 15) is 10.1 Å². The van der Waals surface area contributed by atoms with Crippen LogP contribution < -0.4 is 14.8 Å². The van der Waals surface area contributed by atoms with Crippen LogP contribution in [0.2, 0.25) is 0 Å². The highest BCUT2D eigenvalue weighted by Gasteiger charge is 2.16. The average molecular weight is 310 g/mol. The lowest BCUT2D eigenvalue weighted by Gasteiger charge is -2.08. The van der Waals surface area contributed by atoms with Crippen LogP contribution in [0.5, 0.6) is 11.5 Å². The van der Waals surface area contributed by atoms with E-state index in [1.54, 1.807) is 18.2 Å². The van der Waals surface area contributed by atoms with Crippen molar-refractivity contribution in [1.29, 1.82) is 0 Å². The zero-order chi connectivity index (χ0) is 15.8. The lowest BCUT2D eigenvalue weighted by Crippen LogP contribution is -1.96. The van der Waals surface area contributed by atoms with Crippen LogP contribution in [-0.4, -0.2) is 21.7 Å². The third-order valence-electron chi connectivity index (χ3n) is 3.47. The Morgan fingerprint density at radius 2 is 1.83 bits per heavy atom. The van der Waals surface area contributed by atoms with Gasteiger partial charge in [0.05, 0.1) is 10.4 Å². The Labute approximate surface area is 129 Å². The first-order valence-electron chi connectivity index (χ1n) is 6.76. The van der Waals surface area contributed by atoms with E-state index in [2.05, 4.69) is 15.3 Å². The predicted octanol–water partition coefficient (Wildman–Crippen LogP) is 3.01. The first-order chi connectivity index (χ1) is 11.2. The molecule has 0 fully saturated rings. The van der Waals surface area contributed by atoms with Crippen LogP contribution in [0.15, 0.2) is 42.7 Å². The van der Waals surface area contributed by atoms with Crippen LogP contribution in [0, 0.1) is 10.1 Å². The maximum Gasteiger partial charge on any atom is 0.269 e. The number of hydrogen-bond donors (Lipinski definition) is 1. The van der Waals surface area contributed by atoms with Crippen molar-refractivity contribution in [3.05, 3.63) is 52.8 Å². The van der Waals surface area contributed by atoms with Gasteiger partial charge in [0.15, 0.2) is 11.5 Å². The van der Waals surface area contributed by atoms with Crippen LogP contribution in [-0.2, 0) is 0 Å². The van der Waals surface area contributed by atoms with Gasteiger partial charge in [-0.15, -0.1) is 0 Å². The van der Waals surface area contributed by atoms with Gasteiger partial charge >= 0.3 is 0 Å². The van der Waals surface area contributed by atoms with Crippen molar-refractivity contribution in [3.8, 4) is 11.5 Å². The highest BCUT2D eigenvalue weighted by atomic mass is 16.7. The van der Waals surface area contributed by atoms with Crippen LogP contribution in [0.1, 0.15) is 0 Å². The summed E-state index contributed by atoms with van der Waals surface area (Å²) in [6, 6.07) is 9.71. The maximum atomic E-state index is 10.7. The fraction of sp³-hybridized carbons (Fsp3) is 0.0667. The van der Waals surface area contributed by atoms with Crippen molar-refractivity contribution in [2.24, 2.45) is 0 Å². The summed E-state index contributed by atoms with van der Waals surface area (Å²) in [5.74, 6) is 1.87. The van der Waals surface area contributed by atoms with E-state index >= 15 is 0 Å². The number of anilines is 2. The number of nitrogens with zero attached hydrogens (tertiary/aromatic N) is 3. The van der Waals surface area contributed by atoms with Crippen molar-refractivity contribution in [2.45, 2.75) is 0 Å². The molecule has 3 aromatic rings. The molecular formula is C15H10N4O4. The fourth-order valence-electron chi connectivity index (χ4n) is 2.35. The van der Waals surface area contributed by atoms with Crippen LogP contribution in [0.25, 0.3) is 10.9 Å². The summed E-state index contributed by atoms with van der Waals surface area (Å²) in [6.45, 7) is 0.185. The highest BCUT2D eigenvalue weighted by molar-refractivity contribution is 5.93. The number of benzene rings is 2. The molecule has 1 aliphatic heterocycles. The van der Waals surface area contributed by atoms with E-state index in [0.717, 1.165) is 5.39 Å². The number of nitro groups is 1. The lowest BCUT2D eigenvalue weighted by molar-refractivity contribution is -0.384. The molecule has 0 saturated carbocycles. The van der Waals surface area contributed by atoms with Gasteiger partial charge in [-0.2, -0.15) is 0 Å². The number of non-ortho nitro benzene ring substituents is 1. The van der Waals surface area contributed by atoms with Crippen molar-refractivity contribution in [1.82, 2.24) is 9.97 Å². The second-order valence-corrected chi connectivity index (χ2v) is 4.87. The Balaban J connectivity index is 1.72. The molecule has 1 aliphatic rings. The maximum absolute atomic E-state index is 10.7. The Bertz CT molecular complexity index is 911. The van der Waals surface area contributed by atoms with Crippen molar-refractivity contribution in [3.63, 3.8) is 0 Å². The van der Waals surface area contributed by atoms with E-state index < -0.39 is 4.92 Å². The summed E-state index contributed by atoms with van der Waals surface area (Å²) in [7, 11) is 0. The van der Waals surface area contributed by atoms with Gasteiger partial charge in [-0.1, -0.05) is 0 Å². The van der Waals surface area contributed by atoms with Crippen molar-refractivity contribution in [2.75, 3.05) is 12.1 Å². The molecule has 1 aromatic heterocycles. The Morgan fingerprint density at radius 1 is 1.09 bits per heavy atom. The standard InChI is InChI=1S/C15H10N4O4/c20-19(21)10-3-1-9(2-4-10)18-15-11-5-13-14(23-8-22-13)6-12(11)16-7-17-15/h1-7H,8H2,(H,16,17,18). The molecule has 23 heavy (non-hydrogen) atoms. The topological polar surface area (TPSA) is 99.4 Å². The smallest absolute Gasteiger partial charge is 0.269 e. The molecule has 114 valence electrons. The van der Waals surface area contributed by atoms with Gasteiger partial charge < -0.3 is 14.8 Å². The third-order valence-corrected chi connectivity index (χ3v) is 3.47. The zero-order valence-corrected chi connectivity index (χ0v) is 11.7. The van der Waals surface area contributed by atoms with E-state index in [-0.39, 0.29) is 12.5 Å². The van der Waals surface area contributed by atoms with Crippen molar-refractivity contribution < 1.29 is 14.4 Å². The number of rotatable bonds is 3. The first kappa shape index (κ1) is 13.3. The van der Waals surface area contributed by atoms with Crippen LogP contribution in [0.3, 0.4) is 0 Å². The molecule has 0 atom stereocenters. The number of nitrogens with one attached hydrogen (secondary N) is 1. The summed E-state index contributed by atoms with van der Waals surface area (Å²) in [5.41, 5.74) is 1.44. The number of hydrogen-bond acceptors (Lipinski definition) is 7. The molecule has 0 amide bonds. The molecule has 2 heterocycles. The second-order valence-electron chi connectivity index (χ2n) is 4.87. The quantitative estimate of drug-likeness (QED) is 0.586. The Hall–Kier alpha value is -3.42. The highest BCUT2D eigenvalue weighted by Crippen LogP contribution is 2.37. The molecule has 8 heteroatoms. The molecule has 0 radical (unpaired) electrons. The van der Waals surface area contributed by atoms with E-state index in [1.807, 2.05) is 6.07 Å². The Kier molecular flexibility index (Phi) is 2.94. The SMILES string of the molecule is O=[N+]([O-])c1ccc(Nc2ncnc3cc4c(cc23)OCO4)cc1. The molecule has 8 nitrogen and oxygen atoms in total. The van der Waals surface area contributed by atoms with Gasteiger partial charge in [0.2, 0.25) is 6.79 Å². The minimum absolute atomic E-state index is 0.0338. The second kappa shape index (κ2) is 5.09. The van der Waals surface area contributed by atoms with Gasteiger partial charge in [0.25, 0.3) is 5.69 Å². The molecule has 0 aliphatic carbocycles. The zero-order valence-electron chi connectivity index (χ0n) is 11.7.